The van der Waals surface area contributed by atoms with Gasteiger partial charge in [-0.25, -0.2) is 9.59 Å². The van der Waals surface area contributed by atoms with Crippen molar-refractivity contribution in [3.8, 4) is 0 Å². The van der Waals surface area contributed by atoms with E-state index in [0.717, 1.165) is 31.4 Å². The molecule has 2 unspecified atom stereocenters. The lowest BCUT2D eigenvalue weighted by Gasteiger charge is -2.45. The van der Waals surface area contributed by atoms with E-state index in [-0.39, 0.29) is 24.9 Å². The summed E-state index contributed by atoms with van der Waals surface area (Å²) in [7, 11) is 0. The summed E-state index contributed by atoms with van der Waals surface area (Å²) in [5.41, 5.74) is -1.25. The van der Waals surface area contributed by atoms with E-state index >= 15 is 0 Å². The second-order valence-electron chi connectivity index (χ2n) is 13.7. The second-order valence-corrected chi connectivity index (χ2v) is 13.7. The Labute approximate surface area is 231 Å². The lowest BCUT2D eigenvalue weighted by Crippen LogP contribution is -2.61. The zero-order valence-corrected chi connectivity index (χ0v) is 24.0. The maximum Gasteiger partial charge on any atom is 0.408 e. The van der Waals surface area contributed by atoms with Crippen LogP contribution >= 0.6 is 0 Å². The number of nitrogens with zero attached hydrogens (tertiary/aromatic N) is 2. The molecule has 9 nitrogen and oxygen atoms in total. The number of likely N-dealkylation sites (tertiary alicyclic amines) is 1. The van der Waals surface area contributed by atoms with E-state index in [2.05, 4.69) is 5.32 Å². The van der Waals surface area contributed by atoms with E-state index < -0.39 is 52.3 Å². The van der Waals surface area contributed by atoms with Gasteiger partial charge in [-0.2, -0.15) is 0 Å². The van der Waals surface area contributed by atoms with Crippen molar-refractivity contribution in [3.05, 3.63) is 30.3 Å². The highest BCUT2D eigenvalue weighted by atomic mass is 16.6. The molecule has 2 saturated heterocycles. The summed E-state index contributed by atoms with van der Waals surface area (Å²) >= 11 is 0. The van der Waals surface area contributed by atoms with Crippen LogP contribution in [-0.4, -0.2) is 64.7 Å². The molecule has 4 rings (SSSR count). The molecule has 3 aliphatic rings. The van der Waals surface area contributed by atoms with Crippen LogP contribution in [0.5, 0.6) is 0 Å². The Balaban J connectivity index is 1.70. The van der Waals surface area contributed by atoms with Crippen LogP contribution in [0.1, 0.15) is 80.1 Å². The molecule has 214 valence electrons. The van der Waals surface area contributed by atoms with Crippen LogP contribution in [0.2, 0.25) is 0 Å². The summed E-state index contributed by atoms with van der Waals surface area (Å²) in [4.78, 5) is 56.5. The summed E-state index contributed by atoms with van der Waals surface area (Å²) in [6.45, 7) is 11.8. The van der Waals surface area contributed by atoms with Gasteiger partial charge < -0.3 is 25.0 Å². The van der Waals surface area contributed by atoms with Gasteiger partial charge in [0.2, 0.25) is 11.8 Å². The third kappa shape index (κ3) is 5.77. The minimum Gasteiger partial charge on any atom is -0.480 e. The van der Waals surface area contributed by atoms with Crippen molar-refractivity contribution in [2.75, 3.05) is 11.4 Å². The first-order chi connectivity index (χ1) is 18.1. The summed E-state index contributed by atoms with van der Waals surface area (Å²) in [5.74, 6) is -1.65. The Hall–Kier alpha value is -3.10. The second kappa shape index (κ2) is 10.5. The standard InChI is InChI=1S/C30H43N3O6/c1-28(2,3)23(31-27(38)39-20-14-10-11-15-20)24(35)33-21(25(36)37)16-30(26(33)29(4,5)6)17-22(34)32(18-30)19-12-8-7-9-13-19/h7-9,12-13,20-21,23,26H,10-11,14-18H2,1-6H3,(H,31,38)(H,36,37)/t21-,23?,26?,30+/m0/s1. The number of carbonyl (C=O) groups excluding carboxylic acids is 3. The van der Waals surface area contributed by atoms with Crippen LogP contribution in [0.3, 0.4) is 0 Å². The number of carboxylic acids is 1. The zero-order chi connectivity index (χ0) is 28.8. The fourth-order valence-corrected chi connectivity index (χ4v) is 7.02. The number of aliphatic carboxylic acids is 1. The van der Waals surface area contributed by atoms with E-state index in [4.69, 9.17) is 4.74 Å². The highest BCUT2D eigenvalue weighted by Gasteiger charge is 2.64. The normalized spacial score (nSPS) is 26.8. The first-order valence-electron chi connectivity index (χ1n) is 14.0. The largest absolute Gasteiger partial charge is 0.480 e. The molecule has 1 saturated carbocycles. The van der Waals surface area contributed by atoms with Gasteiger partial charge in [-0.15, -0.1) is 0 Å². The molecule has 4 atom stereocenters. The number of nitrogens with one attached hydrogen (secondary N) is 1. The average molecular weight is 542 g/mol. The summed E-state index contributed by atoms with van der Waals surface area (Å²) in [5, 5.41) is 13.2. The van der Waals surface area contributed by atoms with E-state index in [9.17, 15) is 24.3 Å². The van der Waals surface area contributed by atoms with Crippen LogP contribution in [0.4, 0.5) is 10.5 Å². The third-order valence-electron chi connectivity index (χ3n) is 8.45. The number of hydrogen-bond donors (Lipinski definition) is 2. The lowest BCUT2D eigenvalue weighted by molar-refractivity contribution is -0.154. The van der Waals surface area contributed by atoms with E-state index in [1.54, 1.807) is 4.90 Å². The summed E-state index contributed by atoms with van der Waals surface area (Å²) in [6, 6.07) is 6.67. The number of para-hydroxylation sites is 1. The number of hydrogen-bond acceptors (Lipinski definition) is 5. The molecule has 9 heteroatoms. The highest BCUT2D eigenvalue weighted by Crippen LogP contribution is 2.54. The van der Waals surface area contributed by atoms with Gasteiger partial charge in [0.15, 0.2) is 0 Å². The quantitative estimate of drug-likeness (QED) is 0.563. The molecule has 3 fully saturated rings. The number of carboxylic acid groups (broad SMARTS) is 1. The Kier molecular flexibility index (Phi) is 7.76. The molecule has 0 aromatic heterocycles. The predicted octanol–water partition coefficient (Wildman–Crippen LogP) is 4.59. The van der Waals surface area contributed by atoms with Gasteiger partial charge >= 0.3 is 12.1 Å². The Bertz CT molecular complexity index is 1100. The van der Waals surface area contributed by atoms with Crippen molar-refractivity contribution in [3.63, 3.8) is 0 Å². The molecule has 1 aromatic rings. The van der Waals surface area contributed by atoms with Crippen molar-refractivity contribution < 1.29 is 29.0 Å². The Morgan fingerprint density at radius 2 is 1.67 bits per heavy atom. The minimum absolute atomic E-state index is 0.0838. The molecule has 1 aromatic carbocycles. The number of anilines is 1. The molecular formula is C30H43N3O6. The maximum absolute atomic E-state index is 14.4. The van der Waals surface area contributed by atoms with Crippen LogP contribution in [0.25, 0.3) is 0 Å². The van der Waals surface area contributed by atoms with Crippen molar-refractivity contribution in [1.82, 2.24) is 10.2 Å². The van der Waals surface area contributed by atoms with Crippen LogP contribution in [0, 0.1) is 16.2 Å². The number of ether oxygens (including phenoxy) is 1. The average Bonchev–Trinajstić information content (AvgIpc) is 3.54. The Morgan fingerprint density at radius 1 is 1.05 bits per heavy atom. The number of carbonyl (C=O) groups is 4. The van der Waals surface area contributed by atoms with Gasteiger partial charge in [0, 0.05) is 30.1 Å². The van der Waals surface area contributed by atoms with Crippen LogP contribution in [0.15, 0.2) is 30.3 Å². The molecular weight excluding hydrogens is 498 g/mol. The van der Waals surface area contributed by atoms with Gasteiger partial charge in [0.25, 0.3) is 0 Å². The van der Waals surface area contributed by atoms with E-state index in [1.165, 1.54) is 4.90 Å². The van der Waals surface area contributed by atoms with Gasteiger partial charge in [0.1, 0.15) is 18.2 Å². The first-order valence-corrected chi connectivity index (χ1v) is 14.0. The third-order valence-corrected chi connectivity index (χ3v) is 8.45. The number of amides is 3. The van der Waals surface area contributed by atoms with E-state index in [0.29, 0.717) is 6.54 Å². The maximum atomic E-state index is 14.4. The Morgan fingerprint density at radius 3 is 2.21 bits per heavy atom. The zero-order valence-electron chi connectivity index (χ0n) is 24.0. The number of benzene rings is 1. The van der Waals surface area contributed by atoms with Crippen molar-refractivity contribution in [2.45, 2.75) is 104 Å². The number of rotatable bonds is 5. The van der Waals surface area contributed by atoms with Crippen molar-refractivity contribution >= 4 is 29.6 Å². The highest BCUT2D eigenvalue weighted by molar-refractivity contribution is 5.98. The van der Waals surface area contributed by atoms with Crippen molar-refractivity contribution in [1.29, 1.82) is 0 Å². The molecule has 1 spiro atoms. The molecule has 2 aliphatic heterocycles. The lowest BCUT2D eigenvalue weighted by atomic mass is 9.68. The van der Waals surface area contributed by atoms with Gasteiger partial charge in [-0.05, 0) is 55.1 Å². The van der Waals surface area contributed by atoms with Gasteiger partial charge in [0.05, 0.1) is 0 Å². The predicted molar refractivity (Wildman–Crippen MR) is 147 cm³/mol. The summed E-state index contributed by atoms with van der Waals surface area (Å²) in [6.07, 6.45) is 3.09. The molecule has 39 heavy (non-hydrogen) atoms. The molecule has 0 bridgehead atoms. The smallest absolute Gasteiger partial charge is 0.408 e. The van der Waals surface area contributed by atoms with E-state index in [1.807, 2.05) is 71.9 Å². The fraction of sp³-hybridized carbons (Fsp3) is 0.667. The van der Waals surface area contributed by atoms with Gasteiger partial charge in [-0.3, -0.25) is 9.59 Å². The summed E-state index contributed by atoms with van der Waals surface area (Å²) < 4.78 is 5.60. The molecule has 3 amide bonds. The molecule has 2 N–H and O–H groups in total. The van der Waals surface area contributed by atoms with Crippen LogP contribution < -0.4 is 10.2 Å². The molecule has 1 aliphatic carbocycles. The minimum atomic E-state index is -1.12. The topological polar surface area (TPSA) is 116 Å². The van der Waals surface area contributed by atoms with Crippen molar-refractivity contribution in [2.24, 2.45) is 16.2 Å². The molecule has 2 heterocycles. The number of alkyl carbamates (subject to hydrolysis) is 1. The first kappa shape index (κ1) is 28.9. The monoisotopic (exact) mass is 541 g/mol. The van der Waals surface area contributed by atoms with Crippen LogP contribution in [-0.2, 0) is 19.1 Å². The SMILES string of the molecule is CC(C)(C)C(NC(=O)OC1CCCC1)C(=O)N1C(C(C)(C)C)[C@@]2(CC(=O)N(c3ccccc3)C2)C[C@H]1C(=O)O. The van der Waals surface area contributed by atoms with Gasteiger partial charge in [-0.1, -0.05) is 59.7 Å². The molecule has 0 radical (unpaired) electrons. The fourth-order valence-electron chi connectivity index (χ4n) is 7.02.